The van der Waals surface area contributed by atoms with Gasteiger partial charge in [0, 0.05) is 7.05 Å². The van der Waals surface area contributed by atoms with Gasteiger partial charge in [0.2, 0.25) is 0 Å². The van der Waals surface area contributed by atoms with Crippen LogP contribution in [-0.2, 0) is 0 Å². The molecule has 1 aromatic heterocycles. The maximum atomic E-state index is 11.5. The third-order valence-corrected chi connectivity index (χ3v) is 1.51. The second-order valence-corrected chi connectivity index (χ2v) is 2.61. The summed E-state index contributed by atoms with van der Waals surface area (Å²) in [5.74, 6) is -0.408. The minimum absolute atomic E-state index is 0.0300. The quantitative estimate of drug-likeness (QED) is 0.239. The molecule has 0 aromatic carbocycles. The van der Waals surface area contributed by atoms with E-state index < -0.39 is 0 Å². The first-order chi connectivity index (χ1) is 6.65. The summed E-state index contributed by atoms with van der Waals surface area (Å²) in [7, 11) is 1.51. The zero-order valence-corrected chi connectivity index (χ0v) is 7.51. The van der Waals surface area contributed by atoms with Crippen LogP contribution in [0, 0.1) is 0 Å². The van der Waals surface area contributed by atoms with Gasteiger partial charge in [0.25, 0.3) is 5.91 Å². The number of aromatic nitrogens is 3. The number of carbonyl (C=O) groups excluding carboxylic acids is 1. The van der Waals surface area contributed by atoms with E-state index in [1.807, 2.05) is 0 Å². The third-order valence-electron chi connectivity index (χ3n) is 1.51. The van der Waals surface area contributed by atoms with Crippen molar-refractivity contribution in [1.82, 2.24) is 20.3 Å². The van der Waals surface area contributed by atoms with E-state index >= 15 is 0 Å². The van der Waals surface area contributed by atoms with Crippen LogP contribution >= 0.6 is 0 Å². The number of hydrogen-bond donors (Lipinski definition) is 3. The van der Waals surface area contributed by atoms with Gasteiger partial charge in [-0.25, -0.2) is 0 Å². The fourth-order valence-electron chi connectivity index (χ4n) is 0.847. The number of aromatic amines is 1. The van der Waals surface area contributed by atoms with Crippen molar-refractivity contribution < 1.29 is 10.0 Å². The highest BCUT2D eigenvalue weighted by Gasteiger charge is 2.14. The van der Waals surface area contributed by atoms with Crippen LogP contribution in [0.1, 0.15) is 10.5 Å². The lowest BCUT2D eigenvalue weighted by atomic mass is 10.4. The summed E-state index contributed by atoms with van der Waals surface area (Å²) in [4.78, 5) is 12.7. The minimum atomic E-state index is -0.356. The number of H-pyrrole nitrogens is 1. The molecule has 0 unspecified atom stereocenters. The van der Waals surface area contributed by atoms with Gasteiger partial charge in [-0.1, -0.05) is 5.16 Å². The molecule has 4 N–H and O–H groups in total. The number of likely N-dealkylation sites (N-methyl/N-ethyl adjacent to an activating group) is 1. The second kappa shape index (κ2) is 4.21. The second-order valence-electron chi connectivity index (χ2n) is 2.61. The standard InChI is InChI=1S/C6H10N6O2/c1-12(3-5(7)10-14)6(13)4-2-8-11-9-4/h2,14H,3H2,1H3,(H2,7,10)(H,8,9,11). The first-order valence-corrected chi connectivity index (χ1v) is 3.72. The molecule has 0 fully saturated rings. The molecule has 0 atom stereocenters. The molecule has 0 spiro atoms. The third kappa shape index (κ3) is 2.19. The lowest BCUT2D eigenvalue weighted by Gasteiger charge is -2.13. The predicted octanol–water partition coefficient (Wildman–Crippen LogP) is -1.38. The SMILES string of the molecule is CN(CC(N)=NO)C(=O)c1cn[nH]n1. The van der Waals surface area contributed by atoms with Crippen molar-refractivity contribution in [2.45, 2.75) is 0 Å². The number of nitrogens with zero attached hydrogens (tertiary/aromatic N) is 4. The van der Waals surface area contributed by atoms with Gasteiger partial charge in [0.05, 0.1) is 12.7 Å². The molecule has 1 amide bonds. The van der Waals surface area contributed by atoms with Crippen LogP contribution in [0.25, 0.3) is 0 Å². The summed E-state index contributed by atoms with van der Waals surface area (Å²) in [6.07, 6.45) is 1.30. The van der Waals surface area contributed by atoms with E-state index in [1.165, 1.54) is 18.1 Å². The number of nitrogens with two attached hydrogens (primary N) is 1. The van der Waals surface area contributed by atoms with Gasteiger partial charge in [-0.3, -0.25) is 4.79 Å². The van der Waals surface area contributed by atoms with Crippen LogP contribution in [0.5, 0.6) is 0 Å². The van der Waals surface area contributed by atoms with E-state index in [2.05, 4.69) is 20.6 Å². The number of amides is 1. The number of oxime groups is 1. The lowest BCUT2D eigenvalue weighted by Crippen LogP contribution is -2.35. The van der Waals surface area contributed by atoms with Crippen LogP contribution < -0.4 is 5.73 Å². The van der Waals surface area contributed by atoms with Gasteiger partial charge in [-0.2, -0.15) is 15.4 Å². The largest absolute Gasteiger partial charge is 0.409 e. The molecule has 0 saturated carbocycles. The summed E-state index contributed by atoms with van der Waals surface area (Å²) >= 11 is 0. The van der Waals surface area contributed by atoms with Crippen molar-refractivity contribution in [2.75, 3.05) is 13.6 Å². The van der Waals surface area contributed by atoms with E-state index in [1.54, 1.807) is 0 Å². The van der Waals surface area contributed by atoms with Crippen LogP contribution in [0.4, 0.5) is 0 Å². The first-order valence-electron chi connectivity index (χ1n) is 3.72. The molecule has 0 saturated heterocycles. The van der Waals surface area contributed by atoms with Crippen LogP contribution in [-0.4, -0.2) is 50.9 Å². The average molecular weight is 198 g/mol. The number of nitrogens with one attached hydrogen (secondary N) is 1. The highest BCUT2D eigenvalue weighted by Crippen LogP contribution is 1.95. The Morgan fingerprint density at radius 1 is 1.86 bits per heavy atom. The maximum absolute atomic E-state index is 11.5. The van der Waals surface area contributed by atoms with E-state index in [9.17, 15) is 4.79 Å². The molecule has 8 nitrogen and oxygen atoms in total. The summed E-state index contributed by atoms with van der Waals surface area (Å²) in [5.41, 5.74) is 5.41. The molecule has 0 aliphatic rings. The highest BCUT2D eigenvalue weighted by molar-refractivity contribution is 5.94. The Kier molecular flexibility index (Phi) is 3.00. The number of carbonyl (C=O) groups is 1. The molecule has 0 aliphatic heterocycles. The fraction of sp³-hybridized carbons (Fsp3) is 0.333. The molecule has 0 aliphatic carbocycles. The fourth-order valence-corrected chi connectivity index (χ4v) is 0.847. The first kappa shape index (κ1) is 9.96. The molecule has 0 radical (unpaired) electrons. The van der Waals surface area contributed by atoms with Gasteiger partial charge in [0.1, 0.15) is 0 Å². The van der Waals surface area contributed by atoms with Crippen molar-refractivity contribution in [1.29, 1.82) is 0 Å². The maximum Gasteiger partial charge on any atom is 0.276 e. The molecule has 14 heavy (non-hydrogen) atoms. The minimum Gasteiger partial charge on any atom is -0.409 e. The molecule has 0 bridgehead atoms. The molecular weight excluding hydrogens is 188 g/mol. The van der Waals surface area contributed by atoms with E-state index in [-0.39, 0.29) is 24.0 Å². The smallest absolute Gasteiger partial charge is 0.276 e. The van der Waals surface area contributed by atoms with Crippen LogP contribution in [0.2, 0.25) is 0 Å². The molecule has 1 rings (SSSR count). The number of hydrogen-bond acceptors (Lipinski definition) is 5. The molecular formula is C6H10N6O2. The van der Waals surface area contributed by atoms with Crippen molar-refractivity contribution in [2.24, 2.45) is 10.9 Å². The Morgan fingerprint density at radius 2 is 2.57 bits per heavy atom. The monoisotopic (exact) mass is 198 g/mol. The van der Waals surface area contributed by atoms with Crippen LogP contribution in [0.15, 0.2) is 11.4 Å². The Hall–Kier alpha value is -2.12. The van der Waals surface area contributed by atoms with Gasteiger partial charge < -0.3 is 15.8 Å². The zero-order chi connectivity index (χ0) is 10.6. The van der Waals surface area contributed by atoms with Crippen molar-refractivity contribution in [3.05, 3.63) is 11.9 Å². The predicted molar refractivity (Wildman–Crippen MR) is 46.8 cm³/mol. The van der Waals surface area contributed by atoms with Crippen LogP contribution in [0.3, 0.4) is 0 Å². The summed E-state index contributed by atoms with van der Waals surface area (Å²) in [5, 5.41) is 20.4. The molecule has 76 valence electrons. The zero-order valence-electron chi connectivity index (χ0n) is 7.51. The average Bonchev–Trinajstić information content (AvgIpc) is 2.69. The Bertz CT molecular complexity index is 332. The van der Waals surface area contributed by atoms with Gasteiger partial charge in [-0.15, -0.1) is 0 Å². The van der Waals surface area contributed by atoms with E-state index in [0.29, 0.717) is 0 Å². The molecule has 1 aromatic rings. The Balaban J connectivity index is 2.62. The molecule has 8 heteroatoms. The topological polar surface area (TPSA) is 120 Å². The van der Waals surface area contributed by atoms with Gasteiger partial charge in [-0.05, 0) is 0 Å². The Morgan fingerprint density at radius 3 is 3.07 bits per heavy atom. The summed E-state index contributed by atoms with van der Waals surface area (Å²) in [6, 6.07) is 0. The van der Waals surface area contributed by atoms with Crippen molar-refractivity contribution >= 4 is 11.7 Å². The van der Waals surface area contributed by atoms with Crippen molar-refractivity contribution in [3.8, 4) is 0 Å². The highest BCUT2D eigenvalue weighted by atomic mass is 16.4. The molecule has 1 heterocycles. The summed E-state index contributed by atoms with van der Waals surface area (Å²) in [6.45, 7) is 0.0300. The van der Waals surface area contributed by atoms with Gasteiger partial charge in [0.15, 0.2) is 11.5 Å². The number of rotatable bonds is 3. The summed E-state index contributed by atoms with van der Waals surface area (Å²) < 4.78 is 0. The normalized spacial score (nSPS) is 11.4. The van der Waals surface area contributed by atoms with Gasteiger partial charge >= 0.3 is 0 Å². The van der Waals surface area contributed by atoms with E-state index in [0.717, 1.165) is 0 Å². The van der Waals surface area contributed by atoms with Crippen molar-refractivity contribution in [3.63, 3.8) is 0 Å². The van der Waals surface area contributed by atoms with E-state index in [4.69, 9.17) is 10.9 Å². The number of amidine groups is 1. The lowest BCUT2D eigenvalue weighted by molar-refractivity contribution is 0.0808. The Labute approximate surface area is 79.4 Å².